The molecule has 6 rings (SSSR count). The quantitative estimate of drug-likeness (QED) is 0.245. The summed E-state index contributed by atoms with van der Waals surface area (Å²) in [6.07, 6.45) is 0. The molecule has 0 bridgehead atoms. The van der Waals surface area contributed by atoms with Crippen LogP contribution in [0.1, 0.15) is 43.5 Å². The van der Waals surface area contributed by atoms with Crippen LogP contribution < -0.4 is 29.3 Å². The summed E-state index contributed by atoms with van der Waals surface area (Å²) in [5.74, 6) is 0.0933. The summed E-state index contributed by atoms with van der Waals surface area (Å²) in [6, 6.07) is 19.8. The van der Waals surface area contributed by atoms with E-state index in [-0.39, 0.29) is 22.6 Å². The van der Waals surface area contributed by atoms with E-state index in [0.717, 1.165) is 22.6 Å². The molecule has 1 aromatic heterocycles. The van der Waals surface area contributed by atoms with E-state index in [0.29, 0.717) is 56.3 Å². The SMILES string of the molecule is CCOC(=O)C1=C(C)N=c2s/c(=C3\C(=O)N(Cc4ccccc4)c4ccccc43)c(=O)n2[C@H]1c1cc(OCC)c(OC)cc1Br. The number of para-hydroxylation sites is 1. The highest BCUT2D eigenvalue weighted by Gasteiger charge is 2.38. The number of carbonyl (C=O) groups is 2. The second kappa shape index (κ2) is 12.5. The van der Waals surface area contributed by atoms with E-state index in [4.69, 9.17) is 19.2 Å². The number of methoxy groups -OCH3 is 1. The Kier molecular flexibility index (Phi) is 8.48. The lowest BCUT2D eigenvalue weighted by Crippen LogP contribution is -2.41. The average molecular weight is 689 g/mol. The Morgan fingerprint density at radius 1 is 1.00 bits per heavy atom. The van der Waals surface area contributed by atoms with Crippen LogP contribution in [-0.2, 0) is 20.9 Å². The van der Waals surface area contributed by atoms with Crippen molar-refractivity contribution in [2.45, 2.75) is 33.4 Å². The van der Waals surface area contributed by atoms with Gasteiger partial charge in [0.1, 0.15) is 4.53 Å². The highest BCUT2D eigenvalue weighted by atomic mass is 79.9. The molecule has 45 heavy (non-hydrogen) atoms. The fourth-order valence-corrected chi connectivity index (χ4v) is 7.42. The number of thiazole rings is 1. The molecule has 0 saturated heterocycles. The zero-order chi connectivity index (χ0) is 31.8. The number of benzene rings is 3. The molecule has 3 heterocycles. The second-order valence-electron chi connectivity index (χ2n) is 10.3. The minimum atomic E-state index is -0.915. The number of amides is 1. The zero-order valence-corrected chi connectivity index (χ0v) is 27.5. The lowest BCUT2D eigenvalue weighted by molar-refractivity contribution is -0.139. The van der Waals surface area contributed by atoms with Crippen LogP contribution in [-0.4, -0.2) is 36.8 Å². The number of allylic oxidation sites excluding steroid dienone is 1. The van der Waals surface area contributed by atoms with Crippen molar-refractivity contribution < 1.29 is 23.8 Å². The summed E-state index contributed by atoms with van der Waals surface area (Å²) < 4.78 is 19.2. The third-order valence-corrected chi connectivity index (χ3v) is 9.44. The highest BCUT2D eigenvalue weighted by Crippen LogP contribution is 2.41. The van der Waals surface area contributed by atoms with E-state index in [2.05, 4.69) is 15.9 Å². The summed E-state index contributed by atoms with van der Waals surface area (Å²) in [6.45, 7) is 6.18. The first-order valence-corrected chi connectivity index (χ1v) is 16.1. The predicted octanol–water partition coefficient (Wildman–Crippen LogP) is 4.89. The molecule has 0 fully saturated rings. The summed E-state index contributed by atoms with van der Waals surface area (Å²) in [5, 5.41) is 0. The van der Waals surface area contributed by atoms with E-state index in [1.54, 1.807) is 38.0 Å². The molecule has 4 aromatic rings. The molecule has 0 spiro atoms. The monoisotopic (exact) mass is 687 g/mol. The van der Waals surface area contributed by atoms with Gasteiger partial charge in [-0.15, -0.1) is 0 Å². The number of ether oxygens (including phenoxy) is 3. The average Bonchev–Trinajstić information content (AvgIpc) is 3.49. The van der Waals surface area contributed by atoms with Crippen molar-refractivity contribution in [2.24, 2.45) is 4.99 Å². The molecule has 0 unspecified atom stereocenters. The number of rotatable bonds is 8. The van der Waals surface area contributed by atoms with E-state index in [1.165, 1.54) is 4.57 Å². The standard InChI is InChI=1S/C34H30BrN3O6S/c1-5-43-26-16-22(23(35)17-25(26)42-4)29-27(33(41)44-6-2)19(3)36-34-38(29)32(40)30(45-34)28-21-14-10-11-15-24(21)37(31(28)39)18-20-12-8-7-9-13-20/h7-17,29H,5-6,18H2,1-4H3/b30-28-/t29-/m0/s1. The highest BCUT2D eigenvalue weighted by molar-refractivity contribution is 9.10. The van der Waals surface area contributed by atoms with Gasteiger partial charge in [0.15, 0.2) is 16.3 Å². The fourth-order valence-electron chi connectivity index (χ4n) is 5.75. The molecule has 0 N–H and O–H groups in total. The van der Waals surface area contributed by atoms with Crippen molar-refractivity contribution in [3.8, 4) is 11.5 Å². The zero-order valence-electron chi connectivity index (χ0n) is 25.1. The third kappa shape index (κ3) is 5.29. The van der Waals surface area contributed by atoms with Crippen molar-refractivity contribution >= 4 is 50.4 Å². The van der Waals surface area contributed by atoms with Crippen LogP contribution in [0.25, 0.3) is 5.57 Å². The fraction of sp³-hybridized carbons (Fsp3) is 0.235. The first-order valence-electron chi connectivity index (χ1n) is 14.5. The molecule has 2 aliphatic heterocycles. The van der Waals surface area contributed by atoms with Crippen LogP contribution >= 0.6 is 27.3 Å². The van der Waals surface area contributed by atoms with E-state index in [9.17, 15) is 14.4 Å². The molecular weight excluding hydrogens is 658 g/mol. The van der Waals surface area contributed by atoms with Crippen LogP contribution in [0, 0.1) is 0 Å². The number of hydrogen-bond donors (Lipinski definition) is 0. The van der Waals surface area contributed by atoms with Crippen LogP contribution in [0.15, 0.2) is 92.3 Å². The summed E-state index contributed by atoms with van der Waals surface area (Å²) in [4.78, 5) is 48.9. The van der Waals surface area contributed by atoms with Gasteiger partial charge in [-0.25, -0.2) is 9.79 Å². The molecule has 1 amide bonds. The number of fused-ring (bicyclic) bond motifs is 2. The van der Waals surface area contributed by atoms with Crippen LogP contribution in [0.2, 0.25) is 0 Å². The molecule has 9 nitrogen and oxygen atoms in total. The number of aromatic nitrogens is 1. The van der Waals surface area contributed by atoms with E-state index >= 15 is 0 Å². The van der Waals surface area contributed by atoms with Gasteiger partial charge in [0.05, 0.1) is 55.4 Å². The van der Waals surface area contributed by atoms with Gasteiger partial charge in [-0.2, -0.15) is 0 Å². The smallest absolute Gasteiger partial charge is 0.338 e. The second-order valence-corrected chi connectivity index (χ2v) is 12.2. The lowest BCUT2D eigenvalue weighted by atomic mass is 9.95. The molecule has 11 heteroatoms. The maximum absolute atomic E-state index is 14.6. The van der Waals surface area contributed by atoms with Gasteiger partial charge in [0, 0.05) is 10.0 Å². The topological polar surface area (TPSA) is 99.4 Å². The first-order chi connectivity index (χ1) is 21.8. The molecule has 1 atom stereocenters. The Morgan fingerprint density at radius 3 is 2.44 bits per heavy atom. The van der Waals surface area contributed by atoms with Gasteiger partial charge in [0.25, 0.3) is 11.5 Å². The van der Waals surface area contributed by atoms with Gasteiger partial charge < -0.3 is 19.1 Å². The van der Waals surface area contributed by atoms with Crippen molar-refractivity contribution in [2.75, 3.05) is 25.2 Å². The third-order valence-electron chi connectivity index (χ3n) is 7.70. The summed E-state index contributed by atoms with van der Waals surface area (Å²) >= 11 is 4.78. The summed E-state index contributed by atoms with van der Waals surface area (Å²) in [7, 11) is 1.54. The minimum absolute atomic E-state index is 0.146. The predicted molar refractivity (Wildman–Crippen MR) is 175 cm³/mol. The van der Waals surface area contributed by atoms with Gasteiger partial charge in [-0.1, -0.05) is 75.8 Å². The maximum Gasteiger partial charge on any atom is 0.338 e. The van der Waals surface area contributed by atoms with Gasteiger partial charge in [0.2, 0.25) is 0 Å². The normalized spacial score (nSPS) is 16.7. The van der Waals surface area contributed by atoms with Crippen LogP contribution in [0.5, 0.6) is 11.5 Å². The van der Waals surface area contributed by atoms with Crippen molar-refractivity contribution in [3.05, 3.63) is 119 Å². The van der Waals surface area contributed by atoms with Crippen LogP contribution in [0.4, 0.5) is 5.69 Å². The number of nitrogens with zero attached hydrogens (tertiary/aromatic N) is 3. The van der Waals surface area contributed by atoms with Crippen molar-refractivity contribution in [1.29, 1.82) is 0 Å². The Hall–Kier alpha value is -4.48. The molecule has 0 radical (unpaired) electrons. The Morgan fingerprint density at radius 2 is 1.73 bits per heavy atom. The largest absolute Gasteiger partial charge is 0.493 e. The molecule has 3 aromatic carbocycles. The molecule has 2 aliphatic rings. The number of halogens is 1. The van der Waals surface area contributed by atoms with E-state index in [1.807, 2.05) is 61.5 Å². The number of esters is 1. The van der Waals surface area contributed by atoms with E-state index < -0.39 is 17.6 Å². The van der Waals surface area contributed by atoms with Crippen LogP contribution in [0.3, 0.4) is 0 Å². The lowest BCUT2D eigenvalue weighted by Gasteiger charge is -2.26. The molecular formula is C34H30BrN3O6S. The van der Waals surface area contributed by atoms with Crippen molar-refractivity contribution in [3.63, 3.8) is 0 Å². The van der Waals surface area contributed by atoms with Gasteiger partial charge >= 0.3 is 5.97 Å². The summed E-state index contributed by atoms with van der Waals surface area (Å²) in [5.41, 5.74) is 3.46. The minimum Gasteiger partial charge on any atom is -0.493 e. The maximum atomic E-state index is 14.6. The Balaban J connectivity index is 1.61. The van der Waals surface area contributed by atoms with Crippen molar-refractivity contribution in [1.82, 2.24) is 4.57 Å². The number of hydrogen-bond acceptors (Lipinski definition) is 8. The Bertz CT molecular complexity index is 2050. The molecule has 0 aliphatic carbocycles. The Labute approximate surface area is 271 Å². The first kappa shape index (κ1) is 30.5. The number of anilines is 1. The van der Waals surface area contributed by atoms with Gasteiger partial charge in [-0.3, -0.25) is 14.2 Å². The molecule has 0 saturated carbocycles. The number of carbonyl (C=O) groups excluding carboxylic acids is 2. The molecule has 230 valence electrons. The van der Waals surface area contributed by atoms with Gasteiger partial charge in [-0.05, 0) is 50.1 Å².